The highest BCUT2D eigenvalue weighted by atomic mass is 16.4. The van der Waals surface area contributed by atoms with Crippen LogP contribution in [0.5, 0.6) is 11.5 Å². The number of rotatable bonds is 10. The Hall–Kier alpha value is -4.05. The molecule has 44 heavy (non-hydrogen) atoms. The van der Waals surface area contributed by atoms with Gasteiger partial charge in [0, 0.05) is 28.4 Å². The van der Waals surface area contributed by atoms with Crippen molar-refractivity contribution in [2.75, 3.05) is 0 Å². The minimum absolute atomic E-state index is 0.253. The van der Waals surface area contributed by atoms with Crippen LogP contribution in [0.4, 0.5) is 0 Å². The third-order valence-electron chi connectivity index (χ3n) is 9.25. The molecule has 232 valence electrons. The largest absolute Gasteiger partial charge is 0.507 e. The van der Waals surface area contributed by atoms with Gasteiger partial charge in [-0.15, -0.1) is 0 Å². The normalized spacial score (nSPS) is 13.1. The standard InChI is InChI=1S/C40H48O4/c1-26(37(43)44)19-20-27-21-29(35(41)33(23-27)39(5,6)30-15-11-9-12-16-30)22-28-24-32(38(2,3)4)36(42)34(25-28)40(7,8)31-17-13-10-14-18-31/h9-18,21,23-26,41-42H,19-20,22H2,1-8H3,(H,43,44). The molecule has 4 heteroatoms. The Balaban J connectivity index is 1.89. The summed E-state index contributed by atoms with van der Waals surface area (Å²) < 4.78 is 0. The van der Waals surface area contributed by atoms with Crippen molar-refractivity contribution in [1.82, 2.24) is 0 Å². The Morgan fingerprint density at radius 1 is 0.659 bits per heavy atom. The van der Waals surface area contributed by atoms with Gasteiger partial charge in [0.2, 0.25) is 0 Å². The van der Waals surface area contributed by atoms with Crippen LogP contribution in [0, 0.1) is 5.92 Å². The number of benzene rings is 4. The van der Waals surface area contributed by atoms with E-state index in [2.05, 4.69) is 84.9 Å². The summed E-state index contributed by atoms with van der Waals surface area (Å²) >= 11 is 0. The van der Waals surface area contributed by atoms with E-state index in [1.54, 1.807) is 6.92 Å². The number of carboxylic acid groups (broad SMARTS) is 1. The lowest BCUT2D eigenvalue weighted by atomic mass is 9.73. The highest BCUT2D eigenvalue weighted by Crippen LogP contribution is 2.44. The van der Waals surface area contributed by atoms with E-state index in [0.29, 0.717) is 25.0 Å². The topological polar surface area (TPSA) is 77.8 Å². The molecule has 0 aliphatic carbocycles. The van der Waals surface area contributed by atoms with Crippen molar-refractivity contribution in [3.63, 3.8) is 0 Å². The van der Waals surface area contributed by atoms with Crippen molar-refractivity contribution < 1.29 is 20.1 Å². The van der Waals surface area contributed by atoms with E-state index in [4.69, 9.17) is 0 Å². The molecule has 1 unspecified atom stereocenters. The molecule has 3 N–H and O–H groups in total. The second-order valence-electron chi connectivity index (χ2n) is 14.4. The van der Waals surface area contributed by atoms with Crippen molar-refractivity contribution in [3.05, 3.63) is 129 Å². The van der Waals surface area contributed by atoms with Crippen LogP contribution in [0.3, 0.4) is 0 Å². The van der Waals surface area contributed by atoms with Crippen LogP contribution < -0.4 is 0 Å². The van der Waals surface area contributed by atoms with Gasteiger partial charge < -0.3 is 15.3 Å². The number of aliphatic carboxylic acids is 1. The molecule has 0 aliphatic heterocycles. The lowest BCUT2D eigenvalue weighted by Crippen LogP contribution is -2.22. The average Bonchev–Trinajstić information content (AvgIpc) is 2.98. The van der Waals surface area contributed by atoms with Crippen LogP contribution in [0.15, 0.2) is 84.9 Å². The molecule has 0 saturated heterocycles. The monoisotopic (exact) mass is 592 g/mol. The summed E-state index contributed by atoms with van der Waals surface area (Å²) in [5.41, 5.74) is 6.27. The highest BCUT2D eigenvalue weighted by Gasteiger charge is 2.32. The third-order valence-corrected chi connectivity index (χ3v) is 9.25. The fourth-order valence-electron chi connectivity index (χ4n) is 6.11. The van der Waals surface area contributed by atoms with Crippen LogP contribution in [0.2, 0.25) is 0 Å². The molecule has 4 rings (SSSR count). The number of hydrogen-bond acceptors (Lipinski definition) is 3. The third kappa shape index (κ3) is 6.85. The fourth-order valence-corrected chi connectivity index (χ4v) is 6.11. The molecular formula is C40H48O4. The van der Waals surface area contributed by atoms with Gasteiger partial charge in [-0.3, -0.25) is 4.79 Å². The SMILES string of the molecule is CC(CCc1cc(Cc2cc(C(C)(C)C)c(O)c(C(C)(C)c3ccccc3)c2)c(O)c(C(C)(C)c2ccccc2)c1)C(=O)O. The number of carbonyl (C=O) groups is 1. The zero-order chi connectivity index (χ0) is 32.4. The predicted molar refractivity (Wildman–Crippen MR) is 180 cm³/mol. The van der Waals surface area contributed by atoms with Crippen LogP contribution in [0.25, 0.3) is 0 Å². The molecule has 4 aromatic rings. The van der Waals surface area contributed by atoms with Crippen LogP contribution in [-0.4, -0.2) is 21.3 Å². The summed E-state index contributed by atoms with van der Waals surface area (Å²) in [5.74, 6) is -0.710. The van der Waals surface area contributed by atoms with Crippen LogP contribution in [-0.2, 0) is 33.9 Å². The predicted octanol–water partition coefficient (Wildman–Crippen LogP) is 9.29. The van der Waals surface area contributed by atoms with Gasteiger partial charge in [-0.25, -0.2) is 0 Å². The molecule has 0 radical (unpaired) electrons. The van der Waals surface area contributed by atoms with Gasteiger partial charge in [0.25, 0.3) is 0 Å². The van der Waals surface area contributed by atoms with Crippen molar-refractivity contribution in [2.45, 2.75) is 90.9 Å². The van der Waals surface area contributed by atoms with E-state index >= 15 is 0 Å². The summed E-state index contributed by atoms with van der Waals surface area (Å²) in [6.45, 7) is 16.5. The number of aryl methyl sites for hydroxylation is 1. The molecule has 0 fully saturated rings. The summed E-state index contributed by atoms with van der Waals surface area (Å²) in [5, 5.41) is 33.1. The number of carboxylic acids is 1. The maximum absolute atomic E-state index is 11.9. The second kappa shape index (κ2) is 12.5. The van der Waals surface area contributed by atoms with Crippen molar-refractivity contribution >= 4 is 5.97 Å². The second-order valence-corrected chi connectivity index (χ2v) is 14.4. The van der Waals surface area contributed by atoms with Gasteiger partial charge >= 0.3 is 5.97 Å². The summed E-state index contributed by atoms with van der Waals surface area (Å²) in [7, 11) is 0. The van der Waals surface area contributed by atoms with Crippen molar-refractivity contribution in [1.29, 1.82) is 0 Å². The van der Waals surface area contributed by atoms with Gasteiger partial charge in [0.1, 0.15) is 11.5 Å². The fraction of sp³-hybridized carbons (Fsp3) is 0.375. The van der Waals surface area contributed by atoms with E-state index in [9.17, 15) is 20.1 Å². The minimum atomic E-state index is -0.804. The maximum Gasteiger partial charge on any atom is 0.306 e. The number of hydrogen-bond donors (Lipinski definition) is 3. The molecule has 4 aromatic carbocycles. The highest BCUT2D eigenvalue weighted by molar-refractivity contribution is 5.69. The molecule has 0 heterocycles. The molecule has 0 spiro atoms. The molecule has 0 amide bonds. The zero-order valence-electron chi connectivity index (χ0n) is 27.5. The van der Waals surface area contributed by atoms with E-state index < -0.39 is 22.7 Å². The smallest absolute Gasteiger partial charge is 0.306 e. The first kappa shape index (κ1) is 32.9. The lowest BCUT2D eigenvalue weighted by Gasteiger charge is -2.32. The first-order chi connectivity index (χ1) is 20.5. The van der Waals surface area contributed by atoms with Crippen molar-refractivity contribution in [2.24, 2.45) is 5.92 Å². The van der Waals surface area contributed by atoms with Gasteiger partial charge in [0.05, 0.1) is 5.92 Å². The summed E-state index contributed by atoms with van der Waals surface area (Å²) in [6.07, 6.45) is 1.56. The van der Waals surface area contributed by atoms with Crippen LogP contribution in [0.1, 0.15) is 106 Å². The van der Waals surface area contributed by atoms with Gasteiger partial charge in [0.15, 0.2) is 0 Å². The number of phenols is 2. The van der Waals surface area contributed by atoms with Crippen molar-refractivity contribution in [3.8, 4) is 11.5 Å². The van der Waals surface area contributed by atoms with E-state index in [0.717, 1.165) is 44.5 Å². The number of aromatic hydroxyl groups is 2. The Morgan fingerprint density at radius 2 is 1.11 bits per heavy atom. The molecule has 0 saturated carbocycles. The quantitative estimate of drug-likeness (QED) is 0.171. The van der Waals surface area contributed by atoms with E-state index in [1.165, 1.54) is 0 Å². The Morgan fingerprint density at radius 3 is 1.59 bits per heavy atom. The first-order valence-corrected chi connectivity index (χ1v) is 15.6. The molecule has 0 aromatic heterocycles. The minimum Gasteiger partial charge on any atom is -0.507 e. The summed E-state index contributed by atoms with van der Waals surface area (Å²) in [6, 6.07) is 28.6. The average molecular weight is 593 g/mol. The van der Waals surface area contributed by atoms with E-state index in [-0.39, 0.29) is 11.2 Å². The Labute approximate surface area is 263 Å². The maximum atomic E-state index is 11.9. The van der Waals surface area contributed by atoms with Crippen LogP contribution >= 0.6 is 0 Å². The Kier molecular flexibility index (Phi) is 9.35. The molecule has 1 atom stereocenters. The Bertz CT molecular complexity index is 1610. The summed E-state index contributed by atoms with van der Waals surface area (Å²) in [4.78, 5) is 11.6. The molecule has 0 bridgehead atoms. The molecule has 4 nitrogen and oxygen atoms in total. The van der Waals surface area contributed by atoms with Gasteiger partial charge in [-0.05, 0) is 51.6 Å². The molecule has 0 aliphatic rings. The van der Waals surface area contributed by atoms with Gasteiger partial charge in [-0.2, -0.15) is 0 Å². The molecular weight excluding hydrogens is 544 g/mol. The number of phenolic OH excluding ortho intramolecular Hbond substituents is 2. The first-order valence-electron chi connectivity index (χ1n) is 15.6. The van der Waals surface area contributed by atoms with E-state index in [1.807, 2.05) is 48.5 Å². The lowest BCUT2D eigenvalue weighted by molar-refractivity contribution is -0.141. The zero-order valence-corrected chi connectivity index (χ0v) is 27.5. The van der Waals surface area contributed by atoms with Gasteiger partial charge in [-0.1, -0.05) is 140 Å².